The van der Waals surface area contributed by atoms with E-state index in [1.165, 1.54) is 29.2 Å². The summed E-state index contributed by atoms with van der Waals surface area (Å²) in [6.07, 6.45) is 6.62. The summed E-state index contributed by atoms with van der Waals surface area (Å²) in [5, 5.41) is 20.1. The Morgan fingerprint density at radius 3 is 2.35 bits per heavy atom. The molecule has 1 aromatic heterocycles. The maximum Gasteiger partial charge on any atom is 0.329 e. The highest BCUT2D eigenvalue weighted by Gasteiger charge is 2.50. The number of imide groups is 1. The van der Waals surface area contributed by atoms with E-state index in [4.69, 9.17) is 26.8 Å². The van der Waals surface area contributed by atoms with Gasteiger partial charge in [0.25, 0.3) is 0 Å². The Hall–Kier alpha value is -6.21. The lowest BCUT2D eigenvalue weighted by atomic mass is 9.77. The van der Waals surface area contributed by atoms with Crippen molar-refractivity contribution in [3.05, 3.63) is 105 Å². The molecule has 15 nitrogen and oxygen atoms in total. The average molecular weight is 1040 g/mol. The van der Waals surface area contributed by atoms with Gasteiger partial charge in [-0.15, -0.1) is 0 Å². The largest absolute Gasteiger partial charge is 0.488 e. The van der Waals surface area contributed by atoms with Crippen molar-refractivity contribution in [2.45, 2.75) is 88.2 Å². The maximum atomic E-state index is 16.5. The molecular weight excluding hydrogens is 977 g/mol. The van der Waals surface area contributed by atoms with Gasteiger partial charge in [0.05, 0.1) is 22.7 Å². The number of nitrogens with one attached hydrogen (secondary N) is 2. The number of amides is 5. The number of primary amides is 1. The molecule has 0 unspecified atom stereocenters. The highest BCUT2D eigenvalue weighted by atomic mass is 35.5. The van der Waals surface area contributed by atoms with Crippen molar-refractivity contribution in [3.8, 4) is 22.6 Å². The predicted molar refractivity (Wildman–Crippen MR) is 273 cm³/mol. The van der Waals surface area contributed by atoms with Crippen molar-refractivity contribution < 1.29 is 46.9 Å². The first-order chi connectivity index (χ1) is 35.6. The van der Waals surface area contributed by atoms with Crippen LogP contribution in [0.5, 0.6) is 11.5 Å². The molecule has 74 heavy (non-hydrogen) atoms. The standard InChI is InChI=1S/C55H62ClF3N8O7/c1-31-46-44(28-41(58)49(56)48(46)47-37(51(60)70)12-13-43(50(47)59)73-25-24-68)74-55(31,35-6-4-3-5-7-35)30-61-36-10-8-34(9-11-36)53(71)66-21-14-32(15-22-66)29-65-19-16-33(17-20-65)38-27-42-39(26-40(38)57)52(63-64(42)2)67-23-18-45(69)62-54(67)72/h3-7,12-13,26-28,31-34,36,61,68H,8-11,14-25,29-30H2,1-2H3,(H2,60,70)(H,62,69,72)/t31-,34?,36?,55-/m0/s1. The first-order valence-electron chi connectivity index (χ1n) is 25.8. The number of piperidine rings is 2. The Bertz CT molecular complexity index is 2970. The molecule has 19 heteroatoms. The third kappa shape index (κ3) is 9.69. The molecule has 392 valence electrons. The summed E-state index contributed by atoms with van der Waals surface area (Å²) in [6, 6.07) is 16.1. The minimum atomic E-state index is -1.12. The highest BCUT2D eigenvalue weighted by molar-refractivity contribution is 6.34. The molecule has 5 aliphatic rings. The molecule has 2 atom stereocenters. The molecule has 5 amide bonds. The summed E-state index contributed by atoms with van der Waals surface area (Å²) in [7, 11) is 1.78. The number of aromatic nitrogens is 2. The number of nitrogens with zero attached hydrogens (tertiary/aromatic N) is 5. The second-order valence-electron chi connectivity index (χ2n) is 20.6. The number of carbonyl (C=O) groups is 4. The zero-order valence-corrected chi connectivity index (χ0v) is 42.4. The van der Waals surface area contributed by atoms with Crippen molar-refractivity contribution >= 4 is 52.1 Å². The molecule has 5 heterocycles. The summed E-state index contributed by atoms with van der Waals surface area (Å²) >= 11 is 6.72. The lowest BCUT2D eigenvalue weighted by Gasteiger charge is -2.40. The van der Waals surface area contributed by atoms with Crippen LogP contribution in [-0.2, 0) is 22.2 Å². The molecule has 5 N–H and O–H groups in total. The number of anilines is 1. The molecule has 4 aliphatic heterocycles. The van der Waals surface area contributed by atoms with E-state index in [0.717, 1.165) is 95.2 Å². The van der Waals surface area contributed by atoms with Crippen molar-refractivity contribution in [1.82, 2.24) is 30.2 Å². The normalized spacial score (nSPS) is 23.0. The summed E-state index contributed by atoms with van der Waals surface area (Å²) in [5.41, 5.74) is 6.64. The number of aliphatic hydroxyl groups is 1. The molecule has 4 fully saturated rings. The number of aliphatic hydroxyl groups excluding tert-OH is 1. The van der Waals surface area contributed by atoms with Gasteiger partial charge in [0.2, 0.25) is 17.7 Å². The van der Waals surface area contributed by atoms with Crippen LogP contribution in [0.2, 0.25) is 5.02 Å². The van der Waals surface area contributed by atoms with Gasteiger partial charge in [-0.25, -0.2) is 18.0 Å². The zero-order chi connectivity index (χ0) is 52.0. The number of likely N-dealkylation sites (tertiary alicyclic amines) is 2. The number of halogens is 4. The third-order valence-electron chi connectivity index (χ3n) is 16.3. The first kappa shape index (κ1) is 51.3. The molecule has 4 aromatic carbocycles. The Labute approximate surface area is 432 Å². The van der Waals surface area contributed by atoms with Gasteiger partial charge in [0.15, 0.2) is 23.0 Å². The smallest absolute Gasteiger partial charge is 0.329 e. The van der Waals surface area contributed by atoms with E-state index < -0.39 is 40.1 Å². The van der Waals surface area contributed by atoms with Crippen LogP contribution in [0.15, 0.2) is 60.7 Å². The van der Waals surface area contributed by atoms with Gasteiger partial charge in [0, 0.05) is 92.2 Å². The Morgan fingerprint density at radius 2 is 1.66 bits per heavy atom. The van der Waals surface area contributed by atoms with Crippen molar-refractivity contribution in [1.29, 1.82) is 0 Å². The number of hydrogen-bond acceptors (Lipinski definition) is 10. The number of fused-ring (bicyclic) bond motifs is 2. The minimum absolute atomic E-state index is 0.0517. The quantitative estimate of drug-likeness (QED) is 0.0854. The van der Waals surface area contributed by atoms with Crippen LogP contribution in [0.4, 0.5) is 23.8 Å². The molecule has 5 aromatic rings. The SMILES string of the molecule is C[C@H]1c2c(cc(F)c(Cl)c2-c2c(C(N)=O)ccc(OCCO)c2F)O[C@]1(CNC1CCC(C(=O)N2CCC(CN3CCC(c4cc5c(cc4F)c(N4CCC(=O)NC4=O)nn5C)CC3)CC2)CC1)c1ccccc1. The minimum Gasteiger partial charge on any atom is -0.488 e. The summed E-state index contributed by atoms with van der Waals surface area (Å²) in [5.74, 6) is -3.14. The number of carbonyl (C=O) groups excluding carboxylic acids is 4. The van der Waals surface area contributed by atoms with Gasteiger partial charge >= 0.3 is 6.03 Å². The van der Waals surface area contributed by atoms with Gasteiger partial charge < -0.3 is 35.4 Å². The molecule has 1 aliphatic carbocycles. The van der Waals surface area contributed by atoms with E-state index in [-0.39, 0.29) is 96.4 Å². The number of ether oxygens (including phenoxy) is 2. The topological polar surface area (TPSA) is 185 Å². The molecule has 0 spiro atoms. The second kappa shape index (κ2) is 21.2. The molecule has 10 rings (SSSR count). The third-order valence-corrected chi connectivity index (χ3v) is 16.7. The summed E-state index contributed by atoms with van der Waals surface area (Å²) in [6.45, 7) is 5.86. The van der Waals surface area contributed by atoms with Gasteiger partial charge in [-0.3, -0.25) is 29.3 Å². The fourth-order valence-electron chi connectivity index (χ4n) is 12.3. The predicted octanol–water partition coefficient (Wildman–Crippen LogP) is 7.89. The Morgan fingerprint density at radius 1 is 0.932 bits per heavy atom. The molecular formula is C55H62ClF3N8O7. The summed E-state index contributed by atoms with van der Waals surface area (Å²) in [4.78, 5) is 57.0. The van der Waals surface area contributed by atoms with E-state index in [2.05, 4.69) is 20.6 Å². The average Bonchev–Trinajstić information content (AvgIpc) is 3.87. The lowest BCUT2D eigenvalue weighted by Crippen LogP contribution is -2.49. The van der Waals surface area contributed by atoms with E-state index >= 15 is 13.2 Å². The second-order valence-corrected chi connectivity index (χ2v) is 21.0. The maximum absolute atomic E-state index is 16.5. The van der Waals surface area contributed by atoms with Gasteiger partial charge in [0.1, 0.15) is 24.0 Å². The van der Waals surface area contributed by atoms with Crippen molar-refractivity contribution in [3.63, 3.8) is 0 Å². The van der Waals surface area contributed by atoms with E-state index in [0.29, 0.717) is 28.2 Å². The van der Waals surface area contributed by atoms with E-state index in [1.54, 1.807) is 11.7 Å². The van der Waals surface area contributed by atoms with Gasteiger partial charge in [-0.1, -0.05) is 48.9 Å². The molecule has 0 radical (unpaired) electrons. The van der Waals surface area contributed by atoms with Gasteiger partial charge in [-0.05, 0) is 112 Å². The fourth-order valence-corrected chi connectivity index (χ4v) is 12.5. The van der Waals surface area contributed by atoms with Gasteiger partial charge in [-0.2, -0.15) is 5.10 Å². The highest BCUT2D eigenvalue weighted by Crippen LogP contribution is 2.56. The fraction of sp³-hybridized carbons (Fsp3) is 0.473. The zero-order valence-electron chi connectivity index (χ0n) is 41.6. The van der Waals surface area contributed by atoms with Crippen LogP contribution in [0.1, 0.15) is 104 Å². The van der Waals surface area contributed by atoms with E-state index in [9.17, 15) is 24.3 Å². The van der Waals surface area contributed by atoms with E-state index in [1.807, 2.05) is 48.2 Å². The van der Waals surface area contributed by atoms with Crippen LogP contribution in [-0.4, -0.2) is 114 Å². The monoisotopic (exact) mass is 1040 g/mol. The number of benzene rings is 4. The Kier molecular flexibility index (Phi) is 14.7. The molecule has 1 saturated carbocycles. The van der Waals surface area contributed by atoms with Crippen LogP contribution in [0.3, 0.4) is 0 Å². The lowest BCUT2D eigenvalue weighted by molar-refractivity contribution is -0.138. The number of nitrogens with two attached hydrogens (primary N) is 1. The van der Waals surface area contributed by atoms with Crippen molar-refractivity contribution in [2.24, 2.45) is 24.6 Å². The first-order valence-corrected chi connectivity index (χ1v) is 26.2. The number of aryl methyl sites for hydroxylation is 1. The van der Waals surface area contributed by atoms with Crippen LogP contribution < -0.4 is 30.7 Å². The van der Waals surface area contributed by atoms with Crippen LogP contribution in [0.25, 0.3) is 22.0 Å². The molecule has 0 bridgehead atoms. The van der Waals surface area contributed by atoms with Crippen LogP contribution in [0, 0.1) is 29.3 Å². The summed E-state index contributed by atoms with van der Waals surface area (Å²) < 4.78 is 62.1. The van der Waals surface area contributed by atoms with Crippen LogP contribution >= 0.6 is 11.6 Å². The number of rotatable bonds is 14. The van der Waals surface area contributed by atoms with Crippen molar-refractivity contribution in [2.75, 3.05) is 63.9 Å². The Balaban J connectivity index is 0.735. The molecule has 3 saturated heterocycles. The number of hydrogen-bond donors (Lipinski definition) is 4. The number of urea groups is 1.